The number of aromatic nitrogens is 1. The van der Waals surface area contributed by atoms with Crippen molar-refractivity contribution in [3.8, 4) is 6.07 Å². The Morgan fingerprint density at radius 1 is 1.32 bits per heavy atom. The van der Waals surface area contributed by atoms with Gasteiger partial charge in [-0.1, -0.05) is 25.7 Å². The van der Waals surface area contributed by atoms with Crippen molar-refractivity contribution >= 4 is 21.8 Å². The second-order valence-electron chi connectivity index (χ2n) is 4.93. The maximum atomic E-state index is 12.2. The van der Waals surface area contributed by atoms with Gasteiger partial charge in [0.25, 0.3) is 5.91 Å². The third-order valence-corrected chi connectivity index (χ3v) is 3.98. The zero-order valence-corrected chi connectivity index (χ0v) is 12.2. The molecule has 0 bridgehead atoms. The van der Waals surface area contributed by atoms with Crippen molar-refractivity contribution in [1.29, 1.82) is 5.26 Å². The summed E-state index contributed by atoms with van der Waals surface area (Å²) in [5.41, 5.74) is -0.220. The Balaban J connectivity index is 2.11. The molecule has 1 amide bonds. The number of nitrogens with one attached hydrogen (secondary N) is 1. The molecule has 0 aromatic carbocycles. The summed E-state index contributed by atoms with van der Waals surface area (Å²) in [7, 11) is 0. The molecular weight excluding hydrogens is 306 g/mol. The molecule has 0 spiro atoms. The fourth-order valence-corrected chi connectivity index (χ4v) is 2.63. The number of pyridine rings is 1. The van der Waals surface area contributed by atoms with Crippen LogP contribution in [0, 0.1) is 11.3 Å². The van der Waals surface area contributed by atoms with E-state index in [-0.39, 0.29) is 5.91 Å². The quantitative estimate of drug-likeness (QED) is 0.672. The summed E-state index contributed by atoms with van der Waals surface area (Å²) in [4.78, 5) is 16.2. The number of nitrogens with zero attached hydrogens (tertiary/aromatic N) is 2. The summed E-state index contributed by atoms with van der Waals surface area (Å²) in [5, 5.41) is 12.3. The third kappa shape index (κ3) is 3.54. The van der Waals surface area contributed by atoms with Crippen molar-refractivity contribution in [2.45, 2.75) is 44.1 Å². The van der Waals surface area contributed by atoms with E-state index in [4.69, 9.17) is 0 Å². The molecule has 1 saturated carbocycles. The number of hydrogen-bond acceptors (Lipinski definition) is 3. The summed E-state index contributed by atoms with van der Waals surface area (Å²) in [6.07, 6.45) is 7.25. The maximum absolute atomic E-state index is 12.2. The summed E-state index contributed by atoms with van der Waals surface area (Å²) in [6.45, 7) is 0. The van der Waals surface area contributed by atoms with Gasteiger partial charge in [-0.25, -0.2) is 4.98 Å². The Morgan fingerprint density at radius 3 is 2.53 bits per heavy atom. The van der Waals surface area contributed by atoms with Crippen molar-refractivity contribution < 1.29 is 4.79 Å². The number of carbonyl (C=O) groups excluding carboxylic acids is 1. The number of halogens is 1. The lowest BCUT2D eigenvalue weighted by molar-refractivity contribution is 0.0912. The summed E-state index contributed by atoms with van der Waals surface area (Å²) >= 11 is 3.23. The highest BCUT2D eigenvalue weighted by Gasteiger charge is 2.32. The van der Waals surface area contributed by atoms with E-state index in [1.165, 1.54) is 6.20 Å². The lowest BCUT2D eigenvalue weighted by atomic mass is 9.91. The number of rotatable bonds is 2. The zero-order chi connectivity index (χ0) is 13.7. The highest BCUT2D eigenvalue weighted by atomic mass is 79.9. The minimum absolute atomic E-state index is 0.219. The molecule has 0 saturated heterocycles. The molecule has 5 heteroatoms. The van der Waals surface area contributed by atoms with E-state index in [2.05, 4.69) is 32.3 Å². The van der Waals surface area contributed by atoms with Crippen LogP contribution in [0.2, 0.25) is 0 Å². The Morgan fingerprint density at radius 2 is 2.00 bits per heavy atom. The van der Waals surface area contributed by atoms with E-state index >= 15 is 0 Å². The Kier molecular flexibility index (Phi) is 4.54. The van der Waals surface area contributed by atoms with Gasteiger partial charge in [-0.2, -0.15) is 5.26 Å². The molecule has 1 N–H and O–H groups in total. The van der Waals surface area contributed by atoms with Gasteiger partial charge in [-0.3, -0.25) is 4.79 Å². The molecule has 1 aliphatic carbocycles. The van der Waals surface area contributed by atoms with Crippen molar-refractivity contribution in [2.75, 3.05) is 0 Å². The minimum atomic E-state index is -0.708. The van der Waals surface area contributed by atoms with E-state index in [0.29, 0.717) is 10.2 Å². The van der Waals surface area contributed by atoms with Crippen molar-refractivity contribution in [1.82, 2.24) is 10.3 Å². The van der Waals surface area contributed by atoms with Crippen LogP contribution in [0.5, 0.6) is 0 Å². The molecule has 1 heterocycles. The van der Waals surface area contributed by atoms with Gasteiger partial charge < -0.3 is 5.32 Å². The lowest BCUT2D eigenvalue weighted by Gasteiger charge is -2.26. The smallest absolute Gasteiger partial charge is 0.254 e. The van der Waals surface area contributed by atoms with Gasteiger partial charge in [0.05, 0.1) is 11.6 Å². The van der Waals surface area contributed by atoms with Gasteiger partial charge in [0.1, 0.15) is 10.1 Å². The second kappa shape index (κ2) is 6.16. The van der Waals surface area contributed by atoms with Crippen LogP contribution in [-0.2, 0) is 0 Å². The molecular formula is C14H16BrN3O. The van der Waals surface area contributed by atoms with Gasteiger partial charge in [0.15, 0.2) is 0 Å². The fraction of sp³-hybridized carbons (Fsp3) is 0.500. The standard InChI is InChI=1S/C14H16BrN3O/c15-12-6-5-11(9-17-12)13(19)18-14(10-16)7-3-1-2-4-8-14/h5-6,9H,1-4,7-8H2,(H,18,19). The topological polar surface area (TPSA) is 65.8 Å². The van der Waals surface area contributed by atoms with E-state index in [1.54, 1.807) is 12.1 Å². The first-order chi connectivity index (χ1) is 9.15. The van der Waals surface area contributed by atoms with Gasteiger partial charge in [-0.15, -0.1) is 0 Å². The third-order valence-electron chi connectivity index (χ3n) is 3.51. The first kappa shape index (κ1) is 14.0. The van der Waals surface area contributed by atoms with Crippen LogP contribution in [0.15, 0.2) is 22.9 Å². The molecule has 1 aromatic rings. The molecule has 0 radical (unpaired) electrons. The van der Waals surface area contributed by atoms with Crippen LogP contribution in [0.1, 0.15) is 48.9 Å². The van der Waals surface area contributed by atoms with Crippen LogP contribution in [0.25, 0.3) is 0 Å². The molecule has 0 unspecified atom stereocenters. The van der Waals surface area contributed by atoms with Crippen LogP contribution in [-0.4, -0.2) is 16.4 Å². The monoisotopic (exact) mass is 321 g/mol. The highest BCUT2D eigenvalue weighted by Crippen LogP contribution is 2.27. The highest BCUT2D eigenvalue weighted by molar-refractivity contribution is 9.10. The van der Waals surface area contributed by atoms with Crippen LogP contribution in [0.3, 0.4) is 0 Å². The first-order valence-corrected chi connectivity index (χ1v) is 7.30. The minimum Gasteiger partial charge on any atom is -0.334 e. The molecule has 1 aliphatic rings. The average molecular weight is 322 g/mol. The van der Waals surface area contributed by atoms with Crippen LogP contribution in [0.4, 0.5) is 0 Å². The molecule has 19 heavy (non-hydrogen) atoms. The predicted octanol–water partition coefficient (Wildman–Crippen LogP) is 3.19. The Hall–Kier alpha value is -1.41. The van der Waals surface area contributed by atoms with Gasteiger partial charge >= 0.3 is 0 Å². The molecule has 1 fully saturated rings. The van der Waals surface area contributed by atoms with Gasteiger partial charge in [-0.05, 0) is 40.9 Å². The molecule has 0 aliphatic heterocycles. The zero-order valence-electron chi connectivity index (χ0n) is 10.7. The normalized spacial score (nSPS) is 18.1. The molecule has 0 atom stereocenters. The number of hydrogen-bond donors (Lipinski definition) is 1. The number of carbonyl (C=O) groups is 1. The molecule has 100 valence electrons. The predicted molar refractivity (Wildman–Crippen MR) is 75.4 cm³/mol. The van der Waals surface area contributed by atoms with E-state index in [9.17, 15) is 10.1 Å². The van der Waals surface area contributed by atoms with Crippen molar-refractivity contribution in [3.63, 3.8) is 0 Å². The first-order valence-electron chi connectivity index (χ1n) is 6.50. The van der Waals surface area contributed by atoms with Crippen molar-refractivity contribution in [2.24, 2.45) is 0 Å². The van der Waals surface area contributed by atoms with E-state index in [0.717, 1.165) is 38.5 Å². The van der Waals surface area contributed by atoms with Crippen LogP contribution >= 0.6 is 15.9 Å². The largest absolute Gasteiger partial charge is 0.334 e. The summed E-state index contributed by atoms with van der Waals surface area (Å²) < 4.78 is 0.688. The van der Waals surface area contributed by atoms with Gasteiger partial charge in [0.2, 0.25) is 0 Å². The van der Waals surface area contributed by atoms with E-state index < -0.39 is 5.54 Å². The van der Waals surface area contributed by atoms with E-state index in [1.807, 2.05) is 0 Å². The Bertz CT molecular complexity index is 484. The number of amides is 1. The second-order valence-corrected chi connectivity index (χ2v) is 5.74. The SMILES string of the molecule is N#CC1(NC(=O)c2ccc(Br)nc2)CCCCCC1. The van der Waals surface area contributed by atoms with Gasteiger partial charge in [0, 0.05) is 6.20 Å². The average Bonchev–Trinajstić information content (AvgIpc) is 2.65. The van der Waals surface area contributed by atoms with Crippen LogP contribution < -0.4 is 5.32 Å². The number of nitriles is 1. The summed E-state index contributed by atoms with van der Waals surface area (Å²) in [5.74, 6) is -0.219. The molecule has 1 aromatic heterocycles. The maximum Gasteiger partial charge on any atom is 0.254 e. The summed E-state index contributed by atoms with van der Waals surface area (Å²) in [6, 6.07) is 5.73. The molecule has 2 rings (SSSR count). The Labute approximate surface area is 121 Å². The fourth-order valence-electron chi connectivity index (χ4n) is 2.40. The van der Waals surface area contributed by atoms with Crippen molar-refractivity contribution in [3.05, 3.63) is 28.5 Å². The molecule has 4 nitrogen and oxygen atoms in total. The lowest BCUT2D eigenvalue weighted by Crippen LogP contribution is -2.47.